The van der Waals surface area contributed by atoms with Gasteiger partial charge in [-0.3, -0.25) is 0 Å². The standard InChI is InChI=1S/C16H22N2/c1-13(15-7-5-6-14(10-15)11-17)18-12-16(2)8-3-4-9-16/h5-7,10,13,18H,3-4,8-9,12H2,1-2H3. The van der Waals surface area contributed by atoms with Gasteiger partial charge in [0.2, 0.25) is 0 Å². The van der Waals surface area contributed by atoms with Crippen molar-refractivity contribution in [2.75, 3.05) is 6.54 Å². The van der Waals surface area contributed by atoms with Crippen LogP contribution in [0.5, 0.6) is 0 Å². The van der Waals surface area contributed by atoms with Crippen molar-refractivity contribution in [3.05, 3.63) is 35.4 Å². The van der Waals surface area contributed by atoms with E-state index in [-0.39, 0.29) is 0 Å². The number of nitrogens with zero attached hydrogens (tertiary/aromatic N) is 1. The summed E-state index contributed by atoms with van der Waals surface area (Å²) in [4.78, 5) is 0. The number of nitriles is 1. The second kappa shape index (κ2) is 5.54. The first kappa shape index (κ1) is 13.1. The van der Waals surface area contributed by atoms with Crippen molar-refractivity contribution in [2.45, 2.75) is 45.6 Å². The summed E-state index contributed by atoms with van der Waals surface area (Å²) in [7, 11) is 0. The molecule has 0 aliphatic heterocycles. The van der Waals surface area contributed by atoms with E-state index in [0.717, 1.165) is 12.1 Å². The SMILES string of the molecule is CC(NCC1(C)CCCC1)c1cccc(C#N)c1. The van der Waals surface area contributed by atoms with Crippen LogP contribution in [0.1, 0.15) is 56.7 Å². The summed E-state index contributed by atoms with van der Waals surface area (Å²) >= 11 is 0. The van der Waals surface area contributed by atoms with Crippen molar-refractivity contribution in [1.29, 1.82) is 5.26 Å². The zero-order valence-corrected chi connectivity index (χ0v) is 11.4. The van der Waals surface area contributed by atoms with Crippen LogP contribution in [0.2, 0.25) is 0 Å². The molecule has 0 aromatic heterocycles. The van der Waals surface area contributed by atoms with Crippen LogP contribution in [-0.4, -0.2) is 6.54 Å². The highest BCUT2D eigenvalue weighted by Crippen LogP contribution is 2.37. The second-order valence-corrected chi connectivity index (χ2v) is 5.86. The van der Waals surface area contributed by atoms with E-state index in [1.54, 1.807) is 0 Å². The predicted molar refractivity (Wildman–Crippen MR) is 74.1 cm³/mol. The molecule has 1 aromatic rings. The minimum absolute atomic E-state index is 0.315. The maximum absolute atomic E-state index is 8.92. The van der Waals surface area contributed by atoms with Crippen molar-refractivity contribution < 1.29 is 0 Å². The highest BCUT2D eigenvalue weighted by Gasteiger charge is 2.28. The normalized spacial score (nSPS) is 19.4. The molecule has 18 heavy (non-hydrogen) atoms. The smallest absolute Gasteiger partial charge is 0.0991 e. The summed E-state index contributed by atoms with van der Waals surface area (Å²) in [6.45, 7) is 5.63. The molecule has 0 saturated heterocycles. The van der Waals surface area contributed by atoms with E-state index >= 15 is 0 Å². The van der Waals surface area contributed by atoms with Gasteiger partial charge in [-0.2, -0.15) is 5.26 Å². The van der Waals surface area contributed by atoms with Crippen molar-refractivity contribution in [3.8, 4) is 6.07 Å². The molecule has 2 heteroatoms. The van der Waals surface area contributed by atoms with Gasteiger partial charge in [0.25, 0.3) is 0 Å². The summed E-state index contributed by atoms with van der Waals surface area (Å²) in [6.07, 6.45) is 5.42. The Morgan fingerprint density at radius 2 is 2.11 bits per heavy atom. The first-order valence-corrected chi connectivity index (χ1v) is 6.86. The van der Waals surface area contributed by atoms with Gasteiger partial charge < -0.3 is 5.32 Å². The van der Waals surface area contributed by atoms with Gasteiger partial charge in [-0.05, 0) is 42.9 Å². The van der Waals surface area contributed by atoms with E-state index in [1.165, 1.54) is 31.2 Å². The summed E-state index contributed by atoms with van der Waals surface area (Å²) in [5.74, 6) is 0. The maximum atomic E-state index is 8.92. The van der Waals surface area contributed by atoms with Crippen LogP contribution in [0, 0.1) is 16.7 Å². The van der Waals surface area contributed by atoms with Crippen LogP contribution in [0.25, 0.3) is 0 Å². The lowest BCUT2D eigenvalue weighted by Crippen LogP contribution is -2.31. The molecule has 0 radical (unpaired) electrons. The van der Waals surface area contributed by atoms with Crippen molar-refractivity contribution in [1.82, 2.24) is 5.32 Å². The second-order valence-electron chi connectivity index (χ2n) is 5.86. The van der Waals surface area contributed by atoms with E-state index in [2.05, 4.69) is 31.3 Å². The molecule has 0 amide bonds. The van der Waals surface area contributed by atoms with E-state index in [9.17, 15) is 0 Å². The maximum Gasteiger partial charge on any atom is 0.0991 e. The van der Waals surface area contributed by atoms with Gasteiger partial charge in [-0.1, -0.05) is 31.9 Å². The molecular weight excluding hydrogens is 220 g/mol. The van der Waals surface area contributed by atoms with Gasteiger partial charge in [0.05, 0.1) is 11.6 Å². The third kappa shape index (κ3) is 3.11. The Morgan fingerprint density at radius 3 is 2.78 bits per heavy atom. The minimum atomic E-state index is 0.315. The Balaban J connectivity index is 1.95. The molecule has 1 atom stereocenters. The van der Waals surface area contributed by atoms with Gasteiger partial charge in [-0.25, -0.2) is 0 Å². The molecule has 1 aliphatic carbocycles. The fraction of sp³-hybridized carbons (Fsp3) is 0.562. The highest BCUT2D eigenvalue weighted by molar-refractivity contribution is 5.34. The molecule has 0 bridgehead atoms. The Hall–Kier alpha value is -1.33. The Morgan fingerprint density at radius 1 is 1.39 bits per heavy atom. The average molecular weight is 242 g/mol. The molecule has 0 spiro atoms. The van der Waals surface area contributed by atoms with Gasteiger partial charge >= 0.3 is 0 Å². The lowest BCUT2D eigenvalue weighted by molar-refractivity contribution is 0.302. The van der Waals surface area contributed by atoms with Crippen LogP contribution in [0.3, 0.4) is 0 Å². The van der Waals surface area contributed by atoms with Crippen LogP contribution in [-0.2, 0) is 0 Å². The zero-order chi connectivity index (χ0) is 13.0. The van der Waals surface area contributed by atoms with Gasteiger partial charge in [-0.15, -0.1) is 0 Å². The minimum Gasteiger partial charge on any atom is -0.310 e. The molecule has 1 N–H and O–H groups in total. The number of nitrogens with one attached hydrogen (secondary N) is 1. The molecule has 1 unspecified atom stereocenters. The van der Waals surface area contributed by atoms with Gasteiger partial charge in [0.15, 0.2) is 0 Å². The van der Waals surface area contributed by atoms with E-state index < -0.39 is 0 Å². The number of hydrogen-bond acceptors (Lipinski definition) is 2. The number of benzene rings is 1. The molecule has 96 valence electrons. The fourth-order valence-electron chi connectivity index (χ4n) is 2.80. The van der Waals surface area contributed by atoms with Crippen LogP contribution < -0.4 is 5.32 Å². The Bertz CT molecular complexity index is 439. The monoisotopic (exact) mass is 242 g/mol. The first-order valence-electron chi connectivity index (χ1n) is 6.86. The summed E-state index contributed by atoms with van der Waals surface area (Å²) in [6, 6.07) is 10.4. The Labute approximate surface area is 110 Å². The van der Waals surface area contributed by atoms with E-state index in [4.69, 9.17) is 5.26 Å². The Kier molecular flexibility index (Phi) is 4.04. The molecule has 1 aromatic carbocycles. The summed E-state index contributed by atoms with van der Waals surface area (Å²) < 4.78 is 0. The molecular formula is C16H22N2. The number of hydrogen-bond donors (Lipinski definition) is 1. The van der Waals surface area contributed by atoms with Gasteiger partial charge in [0.1, 0.15) is 0 Å². The third-order valence-corrected chi connectivity index (χ3v) is 4.16. The summed E-state index contributed by atoms with van der Waals surface area (Å²) in [5.41, 5.74) is 2.42. The molecule has 2 nitrogen and oxygen atoms in total. The largest absolute Gasteiger partial charge is 0.310 e. The molecule has 1 saturated carbocycles. The molecule has 2 rings (SSSR count). The van der Waals surface area contributed by atoms with E-state index in [1.807, 2.05) is 18.2 Å². The van der Waals surface area contributed by atoms with Crippen molar-refractivity contribution in [2.24, 2.45) is 5.41 Å². The third-order valence-electron chi connectivity index (χ3n) is 4.16. The topological polar surface area (TPSA) is 35.8 Å². The zero-order valence-electron chi connectivity index (χ0n) is 11.4. The lowest BCUT2D eigenvalue weighted by Gasteiger charge is -2.26. The van der Waals surface area contributed by atoms with Crippen LogP contribution in [0.4, 0.5) is 0 Å². The molecule has 0 heterocycles. The lowest BCUT2D eigenvalue weighted by atomic mass is 9.88. The van der Waals surface area contributed by atoms with E-state index in [0.29, 0.717) is 11.5 Å². The van der Waals surface area contributed by atoms with Crippen LogP contribution in [0.15, 0.2) is 24.3 Å². The quantitative estimate of drug-likeness (QED) is 0.872. The van der Waals surface area contributed by atoms with Crippen molar-refractivity contribution >= 4 is 0 Å². The molecule has 1 fully saturated rings. The highest BCUT2D eigenvalue weighted by atomic mass is 14.9. The predicted octanol–water partition coefficient (Wildman–Crippen LogP) is 3.79. The fourth-order valence-corrected chi connectivity index (χ4v) is 2.80. The van der Waals surface area contributed by atoms with Crippen molar-refractivity contribution in [3.63, 3.8) is 0 Å². The first-order chi connectivity index (χ1) is 8.63. The average Bonchev–Trinajstić information content (AvgIpc) is 2.83. The summed E-state index contributed by atoms with van der Waals surface area (Å²) in [5, 5.41) is 12.5. The van der Waals surface area contributed by atoms with Gasteiger partial charge in [0, 0.05) is 12.6 Å². The number of rotatable bonds is 4. The molecule has 1 aliphatic rings. The van der Waals surface area contributed by atoms with Crippen LogP contribution >= 0.6 is 0 Å².